The summed E-state index contributed by atoms with van der Waals surface area (Å²) in [5.41, 5.74) is 13.2. The molecule has 2 rings (SSSR count). The quantitative estimate of drug-likeness (QED) is 0.590. The van der Waals surface area contributed by atoms with Gasteiger partial charge in [0.05, 0.1) is 0 Å². The van der Waals surface area contributed by atoms with Gasteiger partial charge in [-0.25, -0.2) is 0 Å². The standard InChI is InChI=1S/C12H13N2P/c13-9-6-7-11(14)12(8-9)15-10-4-2-1-3-5-10/h1-8,15H,13-14H2. The Bertz CT molecular complexity index is 454. The normalized spacial score (nSPS) is 10.9. The van der Waals surface area contributed by atoms with Gasteiger partial charge in [0.1, 0.15) is 0 Å². The minimum absolute atomic E-state index is 0.567. The maximum Gasteiger partial charge on any atom is 0.0394 e. The Kier molecular flexibility index (Phi) is 2.89. The predicted octanol–water partition coefficient (Wildman–Crippen LogP) is 1.48. The summed E-state index contributed by atoms with van der Waals surface area (Å²) in [5.74, 6) is 0. The van der Waals surface area contributed by atoms with Crippen molar-refractivity contribution in [2.24, 2.45) is 0 Å². The molecule has 0 bridgehead atoms. The minimum atomic E-state index is 0.567. The van der Waals surface area contributed by atoms with Crippen LogP contribution in [0.1, 0.15) is 0 Å². The maximum absolute atomic E-state index is 5.89. The van der Waals surface area contributed by atoms with Gasteiger partial charge in [0.2, 0.25) is 0 Å². The highest BCUT2D eigenvalue weighted by Crippen LogP contribution is 2.17. The molecule has 2 aromatic rings. The van der Waals surface area contributed by atoms with E-state index in [0.29, 0.717) is 8.58 Å². The van der Waals surface area contributed by atoms with Crippen LogP contribution in [0.2, 0.25) is 0 Å². The van der Waals surface area contributed by atoms with Crippen molar-refractivity contribution in [3.63, 3.8) is 0 Å². The van der Waals surface area contributed by atoms with Crippen LogP contribution < -0.4 is 22.1 Å². The summed E-state index contributed by atoms with van der Waals surface area (Å²) in [7, 11) is 0.567. The van der Waals surface area contributed by atoms with E-state index < -0.39 is 0 Å². The third kappa shape index (κ3) is 2.48. The van der Waals surface area contributed by atoms with E-state index in [2.05, 4.69) is 12.1 Å². The van der Waals surface area contributed by atoms with E-state index >= 15 is 0 Å². The van der Waals surface area contributed by atoms with Crippen LogP contribution in [0.5, 0.6) is 0 Å². The van der Waals surface area contributed by atoms with Crippen LogP contribution >= 0.6 is 8.58 Å². The Labute approximate surface area is 91.1 Å². The van der Waals surface area contributed by atoms with Crippen LogP contribution in [0.15, 0.2) is 48.5 Å². The molecule has 0 heterocycles. The van der Waals surface area contributed by atoms with Gasteiger partial charge in [-0.1, -0.05) is 38.9 Å². The summed E-state index contributed by atoms with van der Waals surface area (Å²) in [6.07, 6.45) is 0. The highest BCUT2D eigenvalue weighted by Gasteiger charge is 2.00. The fourth-order valence-electron chi connectivity index (χ4n) is 1.36. The summed E-state index contributed by atoms with van der Waals surface area (Å²) in [6, 6.07) is 15.9. The van der Waals surface area contributed by atoms with E-state index in [1.165, 1.54) is 5.30 Å². The van der Waals surface area contributed by atoms with Crippen molar-refractivity contribution in [1.29, 1.82) is 0 Å². The third-order valence-corrected chi connectivity index (χ3v) is 3.45. The first-order chi connectivity index (χ1) is 7.25. The zero-order chi connectivity index (χ0) is 10.7. The molecule has 1 atom stereocenters. The highest BCUT2D eigenvalue weighted by molar-refractivity contribution is 7.55. The molecule has 0 aliphatic rings. The van der Waals surface area contributed by atoms with Gasteiger partial charge in [-0.3, -0.25) is 0 Å². The molecule has 2 aromatic carbocycles. The molecule has 0 amide bonds. The average Bonchev–Trinajstić information content (AvgIpc) is 2.25. The SMILES string of the molecule is Nc1ccc(N)c(Pc2ccccc2)c1. The number of rotatable bonds is 2. The minimum Gasteiger partial charge on any atom is -0.399 e. The number of hydrogen-bond acceptors (Lipinski definition) is 2. The fraction of sp³-hybridized carbons (Fsp3) is 0. The summed E-state index contributed by atoms with van der Waals surface area (Å²) < 4.78 is 0. The molecule has 0 saturated carbocycles. The van der Waals surface area contributed by atoms with E-state index in [-0.39, 0.29) is 0 Å². The van der Waals surface area contributed by atoms with Gasteiger partial charge in [-0.05, 0) is 23.5 Å². The van der Waals surface area contributed by atoms with E-state index in [0.717, 1.165) is 16.7 Å². The highest BCUT2D eigenvalue weighted by atomic mass is 31.1. The van der Waals surface area contributed by atoms with Gasteiger partial charge < -0.3 is 11.5 Å². The van der Waals surface area contributed by atoms with Crippen LogP contribution in [0.3, 0.4) is 0 Å². The van der Waals surface area contributed by atoms with Crippen LogP contribution in [-0.4, -0.2) is 0 Å². The van der Waals surface area contributed by atoms with Gasteiger partial charge in [-0.2, -0.15) is 0 Å². The molecular weight excluding hydrogens is 203 g/mol. The number of hydrogen-bond donors (Lipinski definition) is 2. The Hall–Kier alpha value is -1.53. The maximum atomic E-state index is 5.89. The van der Waals surface area contributed by atoms with Crippen molar-refractivity contribution in [1.82, 2.24) is 0 Å². The number of benzene rings is 2. The third-order valence-electron chi connectivity index (χ3n) is 2.13. The second-order valence-corrected chi connectivity index (χ2v) is 4.70. The molecule has 76 valence electrons. The van der Waals surface area contributed by atoms with E-state index in [1.54, 1.807) is 0 Å². The summed E-state index contributed by atoms with van der Waals surface area (Å²) in [5, 5.41) is 2.39. The second kappa shape index (κ2) is 4.33. The van der Waals surface area contributed by atoms with Crippen LogP contribution in [0.4, 0.5) is 11.4 Å². The molecule has 2 nitrogen and oxygen atoms in total. The Morgan fingerprint density at radius 3 is 2.33 bits per heavy atom. The van der Waals surface area contributed by atoms with Crippen molar-refractivity contribution in [3.8, 4) is 0 Å². The molecule has 0 aliphatic carbocycles. The lowest BCUT2D eigenvalue weighted by atomic mass is 10.3. The van der Waals surface area contributed by atoms with Gasteiger partial charge in [0.25, 0.3) is 0 Å². The van der Waals surface area contributed by atoms with Crippen molar-refractivity contribution in [2.75, 3.05) is 11.5 Å². The molecular formula is C12H13N2P. The van der Waals surface area contributed by atoms with Gasteiger partial charge in [0.15, 0.2) is 0 Å². The molecule has 0 radical (unpaired) electrons. The Balaban J connectivity index is 2.28. The molecule has 4 N–H and O–H groups in total. The van der Waals surface area contributed by atoms with Crippen LogP contribution in [-0.2, 0) is 0 Å². The predicted molar refractivity (Wildman–Crippen MR) is 69.3 cm³/mol. The lowest BCUT2D eigenvalue weighted by molar-refractivity contribution is 1.71. The Morgan fingerprint density at radius 2 is 1.60 bits per heavy atom. The molecule has 0 spiro atoms. The van der Waals surface area contributed by atoms with E-state index in [9.17, 15) is 0 Å². The number of nitrogens with two attached hydrogens (primary N) is 2. The lowest BCUT2D eigenvalue weighted by Crippen LogP contribution is -2.09. The monoisotopic (exact) mass is 216 g/mol. The summed E-state index contributed by atoms with van der Waals surface area (Å²) >= 11 is 0. The van der Waals surface area contributed by atoms with E-state index in [1.807, 2.05) is 36.4 Å². The van der Waals surface area contributed by atoms with Crippen LogP contribution in [0, 0.1) is 0 Å². The smallest absolute Gasteiger partial charge is 0.0394 e. The van der Waals surface area contributed by atoms with Crippen molar-refractivity contribution in [3.05, 3.63) is 48.5 Å². The molecule has 15 heavy (non-hydrogen) atoms. The molecule has 0 saturated heterocycles. The topological polar surface area (TPSA) is 52.0 Å². The Morgan fingerprint density at radius 1 is 0.867 bits per heavy atom. The molecule has 0 fully saturated rings. The first-order valence-electron chi connectivity index (χ1n) is 4.73. The van der Waals surface area contributed by atoms with Gasteiger partial charge >= 0.3 is 0 Å². The van der Waals surface area contributed by atoms with Gasteiger partial charge in [-0.15, -0.1) is 0 Å². The average molecular weight is 216 g/mol. The van der Waals surface area contributed by atoms with E-state index in [4.69, 9.17) is 11.5 Å². The van der Waals surface area contributed by atoms with Gasteiger partial charge in [0, 0.05) is 16.7 Å². The first-order valence-corrected chi connectivity index (χ1v) is 5.73. The molecule has 0 aliphatic heterocycles. The zero-order valence-corrected chi connectivity index (χ0v) is 9.27. The summed E-state index contributed by atoms with van der Waals surface area (Å²) in [4.78, 5) is 0. The fourth-order valence-corrected chi connectivity index (χ4v) is 2.50. The summed E-state index contributed by atoms with van der Waals surface area (Å²) in [6.45, 7) is 0. The molecule has 0 aromatic heterocycles. The van der Waals surface area contributed by atoms with Crippen LogP contribution in [0.25, 0.3) is 0 Å². The number of anilines is 2. The van der Waals surface area contributed by atoms with Crippen molar-refractivity contribution < 1.29 is 0 Å². The largest absolute Gasteiger partial charge is 0.399 e. The molecule has 3 heteroatoms. The van der Waals surface area contributed by atoms with Crippen molar-refractivity contribution >= 4 is 30.6 Å². The molecule has 1 unspecified atom stereocenters. The first kappa shape index (κ1) is 10.0. The number of nitrogen functional groups attached to an aromatic ring is 2. The zero-order valence-electron chi connectivity index (χ0n) is 8.27. The second-order valence-electron chi connectivity index (χ2n) is 3.34. The van der Waals surface area contributed by atoms with Crippen molar-refractivity contribution in [2.45, 2.75) is 0 Å². The lowest BCUT2D eigenvalue weighted by Gasteiger charge is -2.06.